The molecule has 0 bridgehead atoms. The number of para-hydroxylation sites is 2. The zero-order valence-electron chi connectivity index (χ0n) is 15.4. The topological polar surface area (TPSA) is 64.9 Å². The lowest BCUT2D eigenvalue weighted by Crippen LogP contribution is -2.19. The number of hydrogen-bond donors (Lipinski definition) is 1. The van der Waals surface area contributed by atoms with Gasteiger partial charge in [0.2, 0.25) is 5.91 Å². The number of methoxy groups -OCH3 is 1. The van der Waals surface area contributed by atoms with Gasteiger partial charge in [0.15, 0.2) is 0 Å². The van der Waals surface area contributed by atoms with Gasteiger partial charge in [-0.1, -0.05) is 36.4 Å². The summed E-state index contributed by atoms with van der Waals surface area (Å²) in [5.74, 6) is 0.680. The van der Waals surface area contributed by atoms with Crippen molar-refractivity contribution >= 4 is 38.9 Å². The van der Waals surface area contributed by atoms with Crippen LogP contribution < -0.4 is 5.32 Å². The lowest BCUT2D eigenvalue weighted by Gasteiger charge is -2.09. The van der Waals surface area contributed by atoms with Gasteiger partial charge in [0, 0.05) is 17.9 Å². The number of nitrogens with zero attached hydrogens (tertiary/aromatic N) is 2. The largest absolute Gasteiger partial charge is 0.382 e. The summed E-state index contributed by atoms with van der Waals surface area (Å²) in [6, 6.07) is 16.0. The molecule has 0 spiro atoms. The Balaban J connectivity index is 1.86. The number of benzene rings is 2. The number of carbonyl (C=O) groups excluding carboxylic acids is 1. The zero-order valence-corrected chi connectivity index (χ0v) is 15.4. The summed E-state index contributed by atoms with van der Waals surface area (Å²) >= 11 is 0. The number of amides is 1. The zero-order chi connectivity index (χ0) is 18.8. The highest BCUT2D eigenvalue weighted by atomic mass is 16.5. The second kappa shape index (κ2) is 7.34. The maximum Gasteiger partial charge on any atom is 0.250 e. The smallest absolute Gasteiger partial charge is 0.250 e. The number of rotatable bonds is 6. The van der Waals surface area contributed by atoms with Crippen molar-refractivity contribution in [3.63, 3.8) is 0 Å². The maximum absolute atomic E-state index is 12.5. The molecule has 1 amide bonds. The van der Waals surface area contributed by atoms with E-state index in [2.05, 4.69) is 9.72 Å². The van der Waals surface area contributed by atoms with Crippen LogP contribution in [-0.4, -0.2) is 42.2 Å². The highest BCUT2D eigenvalue weighted by Crippen LogP contribution is 2.36. The molecule has 0 aliphatic carbocycles. The van der Waals surface area contributed by atoms with E-state index in [4.69, 9.17) is 14.5 Å². The Morgan fingerprint density at radius 3 is 2.63 bits per heavy atom. The Kier molecular flexibility index (Phi) is 4.75. The van der Waals surface area contributed by atoms with Crippen LogP contribution in [0.4, 0.5) is 5.69 Å². The molecule has 4 rings (SSSR count). The number of aromatic nitrogens is 2. The van der Waals surface area contributed by atoms with Crippen LogP contribution in [0.2, 0.25) is 0 Å². The van der Waals surface area contributed by atoms with Crippen LogP contribution in [0.15, 0.2) is 48.5 Å². The average Bonchev–Trinajstić information content (AvgIpc) is 3.01. The van der Waals surface area contributed by atoms with Gasteiger partial charge < -0.3 is 14.8 Å². The van der Waals surface area contributed by atoms with E-state index in [1.165, 1.54) is 0 Å². The van der Waals surface area contributed by atoms with E-state index in [-0.39, 0.29) is 12.5 Å². The fraction of sp³-hybridized carbons (Fsp3) is 0.238. The molecule has 4 aromatic rings. The summed E-state index contributed by atoms with van der Waals surface area (Å²) in [5.41, 5.74) is 3.65. The van der Waals surface area contributed by atoms with Gasteiger partial charge in [-0.2, -0.15) is 0 Å². The molecule has 0 radical (unpaired) electrons. The Morgan fingerprint density at radius 1 is 1.07 bits per heavy atom. The standard InChI is InChI=1S/C21H21N3O3/c1-14-22-17-9-5-3-7-15(17)21-20(23-19(25)13-27-12-11-26-2)16-8-4-6-10-18(16)24(14)21/h3-10H,11-13H2,1-2H3,(H,23,25). The molecule has 0 saturated heterocycles. The van der Waals surface area contributed by atoms with Crippen LogP contribution in [-0.2, 0) is 14.3 Å². The van der Waals surface area contributed by atoms with E-state index >= 15 is 0 Å². The predicted octanol–water partition coefficient (Wildman–Crippen LogP) is 3.55. The van der Waals surface area contributed by atoms with Gasteiger partial charge in [-0.25, -0.2) is 4.98 Å². The number of ether oxygens (including phenoxy) is 2. The molecule has 2 aromatic carbocycles. The lowest BCUT2D eigenvalue weighted by atomic mass is 10.1. The van der Waals surface area contributed by atoms with Crippen molar-refractivity contribution in [1.82, 2.24) is 9.38 Å². The highest BCUT2D eigenvalue weighted by Gasteiger charge is 2.18. The summed E-state index contributed by atoms with van der Waals surface area (Å²) in [7, 11) is 1.60. The van der Waals surface area contributed by atoms with E-state index < -0.39 is 0 Å². The monoisotopic (exact) mass is 363 g/mol. The van der Waals surface area contributed by atoms with Crippen LogP contribution >= 0.6 is 0 Å². The molecule has 27 heavy (non-hydrogen) atoms. The quantitative estimate of drug-likeness (QED) is 0.532. The van der Waals surface area contributed by atoms with Gasteiger partial charge in [-0.15, -0.1) is 0 Å². The third-order valence-corrected chi connectivity index (χ3v) is 4.57. The molecule has 0 saturated carbocycles. The van der Waals surface area contributed by atoms with Crippen molar-refractivity contribution in [2.75, 3.05) is 32.2 Å². The molecular weight excluding hydrogens is 342 g/mol. The SMILES string of the molecule is COCCOCC(=O)Nc1c2ccccc2n2c(C)nc3ccccc3c12. The summed E-state index contributed by atoms with van der Waals surface area (Å²) in [5, 5.41) is 5.02. The van der Waals surface area contributed by atoms with Crippen molar-refractivity contribution in [1.29, 1.82) is 0 Å². The van der Waals surface area contributed by atoms with Crippen LogP contribution in [0.1, 0.15) is 5.82 Å². The van der Waals surface area contributed by atoms with Gasteiger partial charge in [-0.3, -0.25) is 9.20 Å². The average molecular weight is 363 g/mol. The highest BCUT2D eigenvalue weighted by molar-refractivity contribution is 6.16. The number of carbonyl (C=O) groups is 1. The third-order valence-electron chi connectivity index (χ3n) is 4.57. The summed E-state index contributed by atoms with van der Waals surface area (Å²) < 4.78 is 12.4. The minimum absolute atomic E-state index is 0.0168. The first-order chi connectivity index (χ1) is 13.2. The second-order valence-electron chi connectivity index (χ2n) is 6.35. The molecule has 0 aliphatic heterocycles. The Hall–Kier alpha value is -2.96. The normalized spacial score (nSPS) is 11.5. The molecule has 0 unspecified atom stereocenters. The molecule has 1 N–H and O–H groups in total. The van der Waals surface area contributed by atoms with Crippen LogP contribution in [0.3, 0.4) is 0 Å². The number of fused-ring (bicyclic) bond motifs is 5. The Bertz CT molecular complexity index is 1130. The van der Waals surface area contributed by atoms with Gasteiger partial charge in [-0.05, 0) is 19.1 Å². The number of nitrogens with one attached hydrogen (secondary N) is 1. The van der Waals surface area contributed by atoms with Crippen molar-refractivity contribution in [3.05, 3.63) is 54.4 Å². The molecule has 0 fully saturated rings. The fourth-order valence-electron chi connectivity index (χ4n) is 3.44. The van der Waals surface area contributed by atoms with Gasteiger partial charge in [0.25, 0.3) is 0 Å². The number of anilines is 1. The minimum Gasteiger partial charge on any atom is -0.382 e. The van der Waals surface area contributed by atoms with Gasteiger partial charge in [0.05, 0.1) is 35.5 Å². The first-order valence-electron chi connectivity index (χ1n) is 8.85. The first kappa shape index (κ1) is 17.5. The van der Waals surface area contributed by atoms with Crippen molar-refractivity contribution in [2.45, 2.75) is 6.92 Å². The Morgan fingerprint density at radius 2 is 1.81 bits per heavy atom. The predicted molar refractivity (Wildman–Crippen MR) is 106 cm³/mol. The van der Waals surface area contributed by atoms with E-state index in [1.54, 1.807) is 7.11 Å². The summed E-state index contributed by atoms with van der Waals surface area (Å²) in [4.78, 5) is 17.2. The molecule has 0 aliphatic rings. The van der Waals surface area contributed by atoms with E-state index in [1.807, 2.05) is 55.5 Å². The van der Waals surface area contributed by atoms with Crippen LogP contribution in [0.25, 0.3) is 27.3 Å². The van der Waals surface area contributed by atoms with Crippen molar-refractivity contribution in [2.24, 2.45) is 0 Å². The third kappa shape index (κ3) is 3.13. The summed E-state index contributed by atoms with van der Waals surface area (Å²) in [6.45, 7) is 2.80. The molecule has 138 valence electrons. The van der Waals surface area contributed by atoms with E-state index in [0.29, 0.717) is 13.2 Å². The van der Waals surface area contributed by atoms with E-state index in [0.717, 1.165) is 38.8 Å². The molecule has 0 atom stereocenters. The minimum atomic E-state index is -0.192. The maximum atomic E-state index is 12.5. The molecule has 2 aromatic heterocycles. The number of hydrogen-bond acceptors (Lipinski definition) is 4. The van der Waals surface area contributed by atoms with Gasteiger partial charge >= 0.3 is 0 Å². The molecule has 6 heteroatoms. The van der Waals surface area contributed by atoms with Crippen molar-refractivity contribution in [3.8, 4) is 0 Å². The molecule has 6 nitrogen and oxygen atoms in total. The van der Waals surface area contributed by atoms with E-state index in [9.17, 15) is 4.79 Å². The summed E-state index contributed by atoms with van der Waals surface area (Å²) in [6.07, 6.45) is 0. The Labute approximate surface area is 156 Å². The molecule has 2 heterocycles. The molecular formula is C21H21N3O3. The fourth-order valence-corrected chi connectivity index (χ4v) is 3.44. The second-order valence-corrected chi connectivity index (χ2v) is 6.35. The number of aryl methyl sites for hydroxylation is 1. The van der Waals surface area contributed by atoms with Crippen LogP contribution in [0.5, 0.6) is 0 Å². The first-order valence-corrected chi connectivity index (χ1v) is 8.85. The van der Waals surface area contributed by atoms with Gasteiger partial charge in [0.1, 0.15) is 12.4 Å². The van der Waals surface area contributed by atoms with Crippen molar-refractivity contribution < 1.29 is 14.3 Å². The lowest BCUT2D eigenvalue weighted by molar-refractivity contribution is -0.121. The van der Waals surface area contributed by atoms with Crippen LogP contribution in [0, 0.1) is 6.92 Å².